The molecule has 0 aromatic heterocycles. The molecule has 0 radical (unpaired) electrons. The van der Waals surface area contributed by atoms with Crippen LogP contribution >= 0.6 is 11.6 Å². The van der Waals surface area contributed by atoms with Crippen molar-refractivity contribution in [3.63, 3.8) is 0 Å². The molecule has 3 N–H and O–H groups in total. The molecule has 1 rings (SSSR count). The number of carboxylic acids is 1. The van der Waals surface area contributed by atoms with E-state index in [1.807, 2.05) is 0 Å². The molecule has 0 saturated carbocycles. The summed E-state index contributed by atoms with van der Waals surface area (Å²) >= 11 is 5.53. The average Bonchev–Trinajstić information content (AvgIpc) is 2.20. The molecule has 0 aliphatic heterocycles. The molecule has 0 heterocycles. The van der Waals surface area contributed by atoms with E-state index in [2.05, 4.69) is 0 Å². The third kappa shape index (κ3) is 2.33. The second-order valence-corrected chi connectivity index (χ2v) is 4.59. The number of rotatable bonds is 3. The maximum atomic E-state index is 13.2. The number of benzene rings is 1. The summed E-state index contributed by atoms with van der Waals surface area (Å²) < 4.78 is 13.2. The number of carboxylic acid groups (broad SMARTS) is 1. The number of carbonyl (C=O) groups is 1. The summed E-state index contributed by atoms with van der Waals surface area (Å²) in [4.78, 5) is 11.0. The van der Waals surface area contributed by atoms with Crippen LogP contribution in [-0.2, 0) is 4.79 Å². The fourth-order valence-electron chi connectivity index (χ4n) is 1.26. The quantitative estimate of drug-likeness (QED) is 0.860. The smallest absolute Gasteiger partial charge is 0.311 e. The van der Waals surface area contributed by atoms with Crippen LogP contribution in [-0.4, -0.2) is 11.1 Å². The molecule has 1 atom stereocenters. The van der Waals surface area contributed by atoms with E-state index in [-0.39, 0.29) is 5.02 Å². The zero-order chi connectivity index (χ0) is 12.5. The molecule has 0 fully saturated rings. The fourth-order valence-corrected chi connectivity index (χ4v) is 1.37. The second kappa shape index (κ2) is 4.39. The van der Waals surface area contributed by atoms with Crippen molar-refractivity contribution in [1.29, 1.82) is 0 Å². The lowest BCUT2D eigenvalue weighted by Gasteiger charge is -2.27. The zero-order valence-electron chi connectivity index (χ0n) is 9.00. The summed E-state index contributed by atoms with van der Waals surface area (Å²) in [5, 5.41) is 8.99. The van der Waals surface area contributed by atoms with Crippen LogP contribution in [0.15, 0.2) is 18.2 Å². The van der Waals surface area contributed by atoms with Crippen molar-refractivity contribution in [2.24, 2.45) is 11.1 Å². The van der Waals surface area contributed by atoms with E-state index in [4.69, 9.17) is 22.4 Å². The van der Waals surface area contributed by atoms with Crippen molar-refractivity contribution in [2.45, 2.75) is 19.9 Å². The number of hydrogen-bond acceptors (Lipinski definition) is 2. The number of aliphatic carboxylic acids is 1. The minimum atomic E-state index is -1.17. The predicted molar refractivity (Wildman–Crippen MR) is 59.8 cm³/mol. The Morgan fingerprint density at radius 3 is 2.56 bits per heavy atom. The van der Waals surface area contributed by atoms with Gasteiger partial charge in [0.15, 0.2) is 0 Å². The molecule has 0 saturated heterocycles. The molecular weight excluding hydrogens is 233 g/mol. The van der Waals surface area contributed by atoms with Crippen LogP contribution < -0.4 is 5.73 Å². The maximum Gasteiger partial charge on any atom is 0.311 e. The fraction of sp³-hybridized carbons (Fsp3) is 0.364. The van der Waals surface area contributed by atoms with E-state index >= 15 is 0 Å². The molecule has 0 spiro atoms. The van der Waals surface area contributed by atoms with Crippen molar-refractivity contribution in [1.82, 2.24) is 0 Å². The lowest BCUT2D eigenvalue weighted by Crippen LogP contribution is -2.36. The van der Waals surface area contributed by atoms with Gasteiger partial charge in [-0.3, -0.25) is 4.79 Å². The topological polar surface area (TPSA) is 63.3 Å². The Hall–Kier alpha value is -1.13. The minimum absolute atomic E-state index is 0.0101. The lowest BCUT2D eigenvalue weighted by atomic mass is 9.81. The maximum absolute atomic E-state index is 13.2. The van der Waals surface area contributed by atoms with Gasteiger partial charge in [-0.25, -0.2) is 4.39 Å². The van der Waals surface area contributed by atoms with E-state index in [0.29, 0.717) is 5.56 Å². The largest absolute Gasteiger partial charge is 0.481 e. The molecule has 0 amide bonds. The molecule has 88 valence electrons. The summed E-state index contributed by atoms with van der Waals surface area (Å²) in [5.74, 6) is -1.63. The van der Waals surface area contributed by atoms with Gasteiger partial charge in [-0.1, -0.05) is 17.7 Å². The number of halogens is 2. The van der Waals surface area contributed by atoms with Gasteiger partial charge in [0, 0.05) is 6.04 Å². The summed E-state index contributed by atoms with van der Waals surface area (Å²) in [6.07, 6.45) is 0. The summed E-state index contributed by atoms with van der Waals surface area (Å²) in [5.41, 5.74) is 5.05. The lowest BCUT2D eigenvalue weighted by molar-refractivity contribution is -0.148. The molecule has 0 bridgehead atoms. The van der Waals surface area contributed by atoms with E-state index < -0.39 is 23.2 Å². The predicted octanol–water partition coefficient (Wildman–Crippen LogP) is 2.59. The van der Waals surface area contributed by atoms with E-state index in [9.17, 15) is 9.18 Å². The Morgan fingerprint density at radius 2 is 2.12 bits per heavy atom. The third-order valence-corrected chi connectivity index (χ3v) is 2.94. The molecule has 0 unspecified atom stereocenters. The van der Waals surface area contributed by atoms with E-state index in [1.165, 1.54) is 26.0 Å². The van der Waals surface area contributed by atoms with E-state index in [0.717, 1.165) is 6.07 Å². The van der Waals surface area contributed by atoms with Gasteiger partial charge in [0.2, 0.25) is 0 Å². The van der Waals surface area contributed by atoms with Crippen molar-refractivity contribution >= 4 is 17.6 Å². The highest BCUT2D eigenvalue weighted by Crippen LogP contribution is 2.32. The Kier molecular flexibility index (Phi) is 3.55. The first-order valence-electron chi connectivity index (χ1n) is 4.70. The first kappa shape index (κ1) is 12.9. The molecule has 1 aromatic carbocycles. The Labute approximate surface area is 98.0 Å². The monoisotopic (exact) mass is 245 g/mol. The van der Waals surface area contributed by atoms with Gasteiger partial charge in [0.05, 0.1) is 10.4 Å². The molecule has 1 aromatic rings. The summed E-state index contributed by atoms with van der Waals surface area (Å²) in [6, 6.07) is 3.26. The highest BCUT2D eigenvalue weighted by molar-refractivity contribution is 6.30. The summed E-state index contributed by atoms with van der Waals surface area (Å²) in [7, 11) is 0. The van der Waals surface area contributed by atoms with Crippen LogP contribution in [0.4, 0.5) is 4.39 Å². The minimum Gasteiger partial charge on any atom is -0.481 e. The number of hydrogen-bond donors (Lipinski definition) is 2. The van der Waals surface area contributed by atoms with Crippen molar-refractivity contribution in [2.75, 3.05) is 0 Å². The Balaban J connectivity index is 3.10. The molecule has 3 nitrogen and oxygen atoms in total. The normalized spacial score (nSPS) is 13.6. The van der Waals surface area contributed by atoms with Gasteiger partial charge < -0.3 is 10.8 Å². The van der Waals surface area contributed by atoms with Crippen molar-refractivity contribution in [3.8, 4) is 0 Å². The van der Waals surface area contributed by atoms with Gasteiger partial charge in [0.25, 0.3) is 0 Å². The van der Waals surface area contributed by atoms with Crippen molar-refractivity contribution < 1.29 is 14.3 Å². The Morgan fingerprint density at radius 1 is 1.56 bits per heavy atom. The van der Waals surface area contributed by atoms with E-state index in [1.54, 1.807) is 0 Å². The first-order valence-corrected chi connectivity index (χ1v) is 5.08. The first-order chi connectivity index (χ1) is 7.26. The van der Waals surface area contributed by atoms with Crippen molar-refractivity contribution in [3.05, 3.63) is 34.6 Å². The second-order valence-electron chi connectivity index (χ2n) is 4.18. The Bertz CT molecular complexity index is 420. The van der Waals surface area contributed by atoms with Crippen LogP contribution in [0, 0.1) is 11.2 Å². The standard InChI is InChI=1S/C11H13ClFNO2/c1-11(2,10(15)16)9(14)6-3-4-7(12)8(13)5-6/h3-5,9H,14H2,1-2H3,(H,15,16)/t9-/m1/s1. The van der Waals surface area contributed by atoms with Crippen LogP contribution in [0.1, 0.15) is 25.5 Å². The summed E-state index contributed by atoms with van der Waals surface area (Å²) in [6.45, 7) is 2.99. The number of nitrogens with two attached hydrogens (primary N) is 1. The van der Waals surface area contributed by atoms with Gasteiger partial charge >= 0.3 is 5.97 Å². The molecule has 0 aliphatic carbocycles. The van der Waals surface area contributed by atoms with Gasteiger partial charge in [-0.15, -0.1) is 0 Å². The molecule has 0 aliphatic rings. The highest BCUT2D eigenvalue weighted by Gasteiger charge is 2.35. The van der Waals surface area contributed by atoms with Crippen LogP contribution in [0.25, 0.3) is 0 Å². The average molecular weight is 246 g/mol. The highest BCUT2D eigenvalue weighted by atomic mass is 35.5. The molecular formula is C11H13ClFNO2. The van der Waals surface area contributed by atoms with Crippen LogP contribution in [0.5, 0.6) is 0 Å². The third-order valence-electron chi connectivity index (χ3n) is 2.63. The van der Waals surface area contributed by atoms with Gasteiger partial charge in [0.1, 0.15) is 5.82 Å². The van der Waals surface area contributed by atoms with Gasteiger partial charge in [-0.2, -0.15) is 0 Å². The van der Waals surface area contributed by atoms with Crippen LogP contribution in [0.2, 0.25) is 5.02 Å². The van der Waals surface area contributed by atoms with Crippen LogP contribution in [0.3, 0.4) is 0 Å². The molecule has 5 heteroatoms. The van der Waals surface area contributed by atoms with Gasteiger partial charge in [-0.05, 0) is 31.5 Å². The molecule has 16 heavy (non-hydrogen) atoms. The zero-order valence-corrected chi connectivity index (χ0v) is 9.75. The SMILES string of the molecule is CC(C)(C(=O)O)[C@H](N)c1ccc(Cl)c(F)c1.